The van der Waals surface area contributed by atoms with Crippen molar-refractivity contribution in [1.82, 2.24) is 4.98 Å². The fourth-order valence-electron chi connectivity index (χ4n) is 2.48. The van der Waals surface area contributed by atoms with Gasteiger partial charge in [0.2, 0.25) is 0 Å². The molecule has 1 heterocycles. The highest BCUT2D eigenvalue weighted by molar-refractivity contribution is 6.05. The number of rotatable bonds is 5. The molecule has 0 spiro atoms. The van der Waals surface area contributed by atoms with Crippen molar-refractivity contribution in [3.8, 4) is 17.2 Å². The summed E-state index contributed by atoms with van der Waals surface area (Å²) in [7, 11) is 4.72. The Morgan fingerprint density at radius 2 is 1.68 bits per heavy atom. The molecule has 1 aromatic heterocycles. The molecule has 0 aliphatic heterocycles. The molecule has 3 rings (SSSR count). The SMILES string of the molecule is COc1cccc(NC(=O)c2cc(OC)c3cc(OC)ccc3n2)c1. The quantitative estimate of drug-likeness (QED) is 0.771. The van der Waals surface area contributed by atoms with Crippen molar-refractivity contribution >= 4 is 22.5 Å². The van der Waals surface area contributed by atoms with Crippen molar-refractivity contribution in [3.05, 3.63) is 54.2 Å². The van der Waals surface area contributed by atoms with Crippen LogP contribution < -0.4 is 19.5 Å². The lowest BCUT2D eigenvalue weighted by atomic mass is 10.1. The third kappa shape index (κ3) is 3.47. The monoisotopic (exact) mass is 338 g/mol. The predicted molar refractivity (Wildman–Crippen MR) is 95.8 cm³/mol. The zero-order chi connectivity index (χ0) is 17.8. The van der Waals surface area contributed by atoms with Gasteiger partial charge in [0.1, 0.15) is 22.9 Å². The van der Waals surface area contributed by atoms with E-state index in [1.807, 2.05) is 6.07 Å². The number of anilines is 1. The largest absolute Gasteiger partial charge is 0.497 e. The molecule has 128 valence electrons. The van der Waals surface area contributed by atoms with E-state index in [0.717, 1.165) is 5.39 Å². The lowest BCUT2D eigenvalue weighted by molar-refractivity contribution is 0.102. The van der Waals surface area contributed by atoms with Crippen molar-refractivity contribution in [2.24, 2.45) is 0 Å². The minimum absolute atomic E-state index is 0.261. The second kappa shape index (κ2) is 7.09. The molecule has 0 unspecified atom stereocenters. The standard InChI is InChI=1S/C19H18N2O4/c1-23-13-6-4-5-12(9-13)20-19(22)17-11-18(25-3)15-10-14(24-2)7-8-16(15)21-17/h4-11H,1-3H3,(H,20,22). The zero-order valence-corrected chi connectivity index (χ0v) is 14.2. The Labute approximate surface area is 145 Å². The van der Waals surface area contributed by atoms with E-state index in [2.05, 4.69) is 10.3 Å². The van der Waals surface area contributed by atoms with Gasteiger partial charge in [0, 0.05) is 23.2 Å². The van der Waals surface area contributed by atoms with E-state index in [-0.39, 0.29) is 11.6 Å². The van der Waals surface area contributed by atoms with Gasteiger partial charge >= 0.3 is 0 Å². The van der Waals surface area contributed by atoms with E-state index < -0.39 is 0 Å². The van der Waals surface area contributed by atoms with Crippen LogP contribution in [0.5, 0.6) is 17.2 Å². The summed E-state index contributed by atoms with van der Waals surface area (Å²) in [4.78, 5) is 17.0. The maximum absolute atomic E-state index is 12.6. The molecule has 0 saturated heterocycles. The number of fused-ring (bicyclic) bond motifs is 1. The summed E-state index contributed by atoms with van der Waals surface area (Å²) in [5, 5.41) is 3.59. The molecular weight excluding hydrogens is 320 g/mol. The summed E-state index contributed by atoms with van der Waals surface area (Å²) in [5.74, 6) is 1.58. The Morgan fingerprint density at radius 3 is 2.40 bits per heavy atom. The summed E-state index contributed by atoms with van der Waals surface area (Å²) < 4.78 is 15.8. The molecule has 0 radical (unpaired) electrons. The number of nitrogens with one attached hydrogen (secondary N) is 1. The summed E-state index contributed by atoms with van der Waals surface area (Å²) in [5.41, 5.74) is 1.54. The van der Waals surface area contributed by atoms with E-state index in [0.29, 0.717) is 28.5 Å². The topological polar surface area (TPSA) is 69.7 Å². The molecule has 1 amide bonds. The smallest absolute Gasteiger partial charge is 0.274 e. The number of aromatic nitrogens is 1. The number of methoxy groups -OCH3 is 3. The number of carbonyl (C=O) groups is 1. The van der Waals surface area contributed by atoms with Crippen LogP contribution in [0.15, 0.2) is 48.5 Å². The summed E-state index contributed by atoms with van der Waals surface area (Å²) >= 11 is 0. The van der Waals surface area contributed by atoms with Gasteiger partial charge in [-0.3, -0.25) is 4.79 Å². The van der Waals surface area contributed by atoms with Crippen LogP contribution in [0, 0.1) is 0 Å². The van der Waals surface area contributed by atoms with E-state index in [1.165, 1.54) is 0 Å². The molecule has 6 nitrogen and oxygen atoms in total. The molecular formula is C19H18N2O4. The van der Waals surface area contributed by atoms with E-state index >= 15 is 0 Å². The molecule has 0 bridgehead atoms. The van der Waals surface area contributed by atoms with Crippen LogP contribution in [-0.2, 0) is 0 Å². The number of pyridine rings is 1. The summed E-state index contributed by atoms with van der Waals surface area (Å²) in [6.45, 7) is 0. The lowest BCUT2D eigenvalue weighted by Gasteiger charge is -2.11. The van der Waals surface area contributed by atoms with Crippen LogP contribution in [0.4, 0.5) is 5.69 Å². The van der Waals surface area contributed by atoms with Gasteiger partial charge in [-0.25, -0.2) is 4.98 Å². The van der Waals surface area contributed by atoms with Gasteiger partial charge in [0.25, 0.3) is 5.91 Å². The number of hydrogen-bond acceptors (Lipinski definition) is 5. The van der Waals surface area contributed by atoms with Crippen LogP contribution >= 0.6 is 0 Å². The van der Waals surface area contributed by atoms with Crippen molar-refractivity contribution in [3.63, 3.8) is 0 Å². The first kappa shape index (κ1) is 16.6. The number of nitrogens with zero attached hydrogens (tertiary/aromatic N) is 1. The van der Waals surface area contributed by atoms with Crippen LogP contribution in [0.3, 0.4) is 0 Å². The molecule has 0 atom stereocenters. The first-order chi connectivity index (χ1) is 12.1. The molecule has 2 aromatic carbocycles. The molecule has 0 aliphatic carbocycles. The molecule has 0 fully saturated rings. The molecule has 25 heavy (non-hydrogen) atoms. The van der Waals surface area contributed by atoms with Crippen molar-refractivity contribution in [2.75, 3.05) is 26.6 Å². The minimum Gasteiger partial charge on any atom is -0.497 e. The first-order valence-corrected chi connectivity index (χ1v) is 7.63. The van der Waals surface area contributed by atoms with Gasteiger partial charge in [-0.2, -0.15) is 0 Å². The number of ether oxygens (including phenoxy) is 3. The molecule has 0 saturated carbocycles. The van der Waals surface area contributed by atoms with Gasteiger partial charge in [-0.05, 0) is 30.3 Å². The molecule has 6 heteroatoms. The number of amides is 1. The molecule has 3 aromatic rings. The van der Waals surface area contributed by atoms with Crippen LogP contribution in [0.2, 0.25) is 0 Å². The minimum atomic E-state index is -0.329. The van der Waals surface area contributed by atoms with Crippen molar-refractivity contribution in [2.45, 2.75) is 0 Å². The van der Waals surface area contributed by atoms with E-state index in [9.17, 15) is 4.79 Å². The highest BCUT2D eigenvalue weighted by Gasteiger charge is 2.14. The summed E-state index contributed by atoms with van der Waals surface area (Å²) in [6.07, 6.45) is 0. The first-order valence-electron chi connectivity index (χ1n) is 7.63. The summed E-state index contributed by atoms with van der Waals surface area (Å²) in [6, 6.07) is 14.1. The molecule has 0 aliphatic rings. The number of benzene rings is 2. The molecule has 1 N–H and O–H groups in total. The van der Waals surface area contributed by atoms with Crippen LogP contribution in [-0.4, -0.2) is 32.2 Å². The maximum atomic E-state index is 12.6. The predicted octanol–water partition coefficient (Wildman–Crippen LogP) is 3.51. The fourth-order valence-corrected chi connectivity index (χ4v) is 2.48. The average molecular weight is 338 g/mol. The Balaban J connectivity index is 1.95. The Bertz CT molecular complexity index is 924. The average Bonchev–Trinajstić information content (AvgIpc) is 2.66. The fraction of sp³-hybridized carbons (Fsp3) is 0.158. The Morgan fingerprint density at radius 1 is 0.920 bits per heavy atom. The Hall–Kier alpha value is -3.28. The number of hydrogen-bond donors (Lipinski definition) is 1. The second-order valence-corrected chi connectivity index (χ2v) is 5.28. The highest BCUT2D eigenvalue weighted by atomic mass is 16.5. The highest BCUT2D eigenvalue weighted by Crippen LogP contribution is 2.29. The van der Waals surface area contributed by atoms with Crippen LogP contribution in [0.1, 0.15) is 10.5 Å². The van der Waals surface area contributed by atoms with Crippen molar-refractivity contribution < 1.29 is 19.0 Å². The van der Waals surface area contributed by atoms with Gasteiger partial charge in [-0.15, -0.1) is 0 Å². The van der Waals surface area contributed by atoms with E-state index in [1.54, 1.807) is 63.8 Å². The zero-order valence-electron chi connectivity index (χ0n) is 14.2. The second-order valence-electron chi connectivity index (χ2n) is 5.28. The van der Waals surface area contributed by atoms with Gasteiger partial charge < -0.3 is 19.5 Å². The van der Waals surface area contributed by atoms with E-state index in [4.69, 9.17) is 14.2 Å². The lowest BCUT2D eigenvalue weighted by Crippen LogP contribution is -2.14. The van der Waals surface area contributed by atoms with Crippen LogP contribution in [0.25, 0.3) is 10.9 Å². The van der Waals surface area contributed by atoms with Gasteiger partial charge in [0.15, 0.2) is 0 Å². The van der Waals surface area contributed by atoms with Gasteiger partial charge in [-0.1, -0.05) is 6.07 Å². The Kier molecular flexibility index (Phi) is 4.70. The van der Waals surface area contributed by atoms with Crippen molar-refractivity contribution in [1.29, 1.82) is 0 Å². The maximum Gasteiger partial charge on any atom is 0.274 e. The number of carbonyl (C=O) groups excluding carboxylic acids is 1. The third-order valence-electron chi connectivity index (χ3n) is 3.76. The van der Waals surface area contributed by atoms with Gasteiger partial charge in [0.05, 0.1) is 26.8 Å². The normalized spacial score (nSPS) is 10.4. The third-order valence-corrected chi connectivity index (χ3v) is 3.76.